The molecule has 0 aliphatic carbocycles. The molecule has 0 aromatic heterocycles. The molecule has 6 nitrogen and oxygen atoms in total. The maximum absolute atomic E-state index is 13.4. The van der Waals surface area contributed by atoms with Gasteiger partial charge in [-0.3, -0.25) is 0 Å². The minimum atomic E-state index is -0.667. The Morgan fingerprint density at radius 3 is 2.80 bits per heavy atom. The van der Waals surface area contributed by atoms with Crippen LogP contribution in [-0.4, -0.2) is 50.2 Å². The van der Waals surface area contributed by atoms with Gasteiger partial charge >= 0.3 is 5.97 Å². The van der Waals surface area contributed by atoms with Gasteiger partial charge in [0.25, 0.3) is 0 Å². The molecule has 1 atom stereocenters. The number of aliphatic imine (C=N–C) groups is 1. The first-order valence-electron chi connectivity index (χ1n) is 7.93. The number of guanidine groups is 1. The Morgan fingerprint density at radius 1 is 1.44 bits per heavy atom. The van der Waals surface area contributed by atoms with Gasteiger partial charge in [-0.25, -0.2) is 14.2 Å². The first-order chi connectivity index (χ1) is 12.0. The minimum Gasteiger partial charge on any atom is -0.466 e. The summed E-state index contributed by atoms with van der Waals surface area (Å²) in [6.07, 6.45) is 0. The molecule has 1 aromatic carbocycles. The van der Waals surface area contributed by atoms with E-state index in [0.717, 1.165) is 0 Å². The monoisotopic (exact) mass is 367 g/mol. The topological polar surface area (TPSA) is 63.2 Å². The van der Waals surface area contributed by atoms with Gasteiger partial charge in [0.05, 0.1) is 25.9 Å². The van der Waals surface area contributed by atoms with E-state index in [1.807, 2.05) is 4.90 Å². The summed E-state index contributed by atoms with van der Waals surface area (Å²) >= 11 is 6.22. The van der Waals surface area contributed by atoms with Crippen molar-refractivity contribution in [3.05, 3.63) is 45.9 Å². The highest BCUT2D eigenvalue weighted by atomic mass is 35.5. The van der Waals surface area contributed by atoms with E-state index >= 15 is 0 Å². The van der Waals surface area contributed by atoms with Crippen molar-refractivity contribution in [1.29, 1.82) is 0 Å². The number of rotatable bonds is 2. The van der Waals surface area contributed by atoms with E-state index in [0.29, 0.717) is 49.1 Å². The lowest BCUT2D eigenvalue weighted by Crippen LogP contribution is -2.48. The molecule has 1 N–H and O–H groups in total. The zero-order valence-electron chi connectivity index (χ0n) is 14.0. The quantitative estimate of drug-likeness (QED) is 0.812. The van der Waals surface area contributed by atoms with E-state index in [2.05, 4.69) is 10.3 Å². The van der Waals surface area contributed by atoms with Crippen LogP contribution in [-0.2, 0) is 14.3 Å². The lowest BCUT2D eigenvalue weighted by Gasteiger charge is -2.34. The smallest absolute Gasteiger partial charge is 0.338 e. The van der Waals surface area contributed by atoms with Crippen molar-refractivity contribution in [2.75, 3.05) is 33.4 Å². The second-order valence-corrected chi connectivity index (χ2v) is 6.18. The number of carbonyl (C=O) groups excluding carboxylic acids is 1. The molecule has 1 aromatic rings. The van der Waals surface area contributed by atoms with Crippen LogP contribution in [0.1, 0.15) is 18.5 Å². The molecule has 3 rings (SSSR count). The van der Waals surface area contributed by atoms with Crippen molar-refractivity contribution in [1.82, 2.24) is 10.2 Å². The fraction of sp³-hybridized carbons (Fsp3) is 0.412. The average molecular weight is 368 g/mol. The zero-order chi connectivity index (χ0) is 18.0. The van der Waals surface area contributed by atoms with E-state index in [1.165, 1.54) is 19.2 Å². The molecule has 8 heteroatoms. The van der Waals surface area contributed by atoms with Gasteiger partial charge in [-0.2, -0.15) is 0 Å². The van der Waals surface area contributed by atoms with Gasteiger partial charge in [-0.1, -0.05) is 17.7 Å². The third-order valence-electron chi connectivity index (χ3n) is 4.20. The Kier molecular flexibility index (Phi) is 5.24. The predicted molar refractivity (Wildman–Crippen MR) is 91.8 cm³/mol. The molecular formula is C17H19ClFN3O3. The normalized spacial score (nSPS) is 20.9. The van der Waals surface area contributed by atoms with E-state index in [9.17, 15) is 9.18 Å². The Morgan fingerprint density at radius 2 is 2.16 bits per heavy atom. The third-order valence-corrected chi connectivity index (χ3v) is 4.53. The molecule has 2 aliphatic rings. The van der Waals surface area contributed by atoms with Crippen molar-refractivity contribution in [2.45, 2.75) is 13.0 Å². The van der Waals surface area contributed by atoms with Gasteiger partial charge in [-0.15, -0.1) is 0 Å². The number of benzene rings is 1. The van der Waals surface area contributed by atoms with Crippen LogP contribution >= 0.6 is 11.6 Å². The highest BCUT2D eigenvalue weighted by molar-refractivity contribution is 6.31. The molecule has 0 radical (unpaired) electrons. The Hall–Kier alpha value is -2.12. The van der Waals surface area contributed by atoms with Crippen LogP contribution in [0.2, 0.25) is 5.02 Å². The highest BCUT2D eigenvalue weighted by Gasteiger charge is 2.33. The first kappa shape index (κ1) is 17.7. The van der Waals surface area contributed by atoms with Crippen molar-refractivity contribution >= 4 is 23.5 Å². The van der Waals surface area contributed by atoms with Gasteiger partial charge in [0.15, 0.2) is 5.96 Å². The SMILES string of the molecule is COC(=O)C1=C(C)NC(N2CCOCC2)=N[C@H]1c1ccc(F)cc1Cl. The number of halogens is 2. The summed E-state index contributed by atoms with van der Waals surface area (Å²) in [5.74, 6) is -0.306. The van der Waals surface area contributed by atoms with Crippen molar-refractivity contribution in [3.63, 3.8) is 0 Å². The van der Waals surface area contributed by atoms with Gasteiger partial charge < -0.3 is 19.7 Å². The van der Waals surface area contributed by atoms with Crippen molar-refractivity contribution in [2.24, 2.45) is 4.99 Å². The second-order valence-electron chi connectivity index (χ2n) is 5.78. The number of esters is 1. The summed E-state index contributed by atoms with van der Waals surface area (Å²) in [6, 6.07) is 3.40. The zero-order valence-corrected chi connectivity index (χ0v) is 14.8. The lowest BCUT2D eigenvalue weighted by atomic mass is 9.96. The number of nitrogens with one attached hydrogen (secondary N) is 1. The third kappa shape index (κ3) is 3.62. The van der Waals surface area contributed by atoms with Gasteiger partial charge in [0, 0.05) is 29.4 Å². The number of methoxy groups -OCH3 is 1. The van der Waals surface area contributed by atoms with Crippen LogP contribution in [0.15, 0.2) is 34.5 Å². The molecule has 0 saturated carbocycles. The molecule has 0 amide bonds. The minimum absolute atomic E-state index is 0.214. The van der Waals surface area contributed by atoms with E-state index in [4.69, 9.17) is 21.1 Å². The first-order valence-corrected chi connectivity index (χ1v) is 8.30. The molecule has 2 aliphatic heterocycles. The van der Waals surface area contributed by atoms with Gasteiger partial charge in [-0.05, 0) is 19.1 Å². The fourth-order valence-corrected chi connectivity index (χ4v) is 3.19. The largest absolute Gasteiger partial charge is 0.466 e. The van der Waals surface area contributed by atoms with Crippen molar-refractivity contribution < 1.29 is 18.7 Å². The molecule has 1 fully saturated rings. The standard InChI is InChI=1S/C17H19ClFN3O3/c1-10-14(16(23)24-2)15(12-4-3-11(19)9-13(12)18)21-17(20-10)22-5-7-25-8-6-22/h3-4,9,15H,5-8H2,1-2H3,(H,20,21)/t15-/m0/s1. The Balaban J connectivity index is 2.04. The number of nitrogens with zero attached hydrogens (tertiary/aromatic N) is 2. The summed E-state index contributed by atoms with van der Waals surface area (Å²) in [5, 5.41) is 3.38. The Bertz CT molecular complexity index is 745. The summed E-state index contributed by atoms with van der Waals surface area (Å²) in [6.45, 7) is 4.38. The summed E-state index contributed by atoms with van der Waals surface area (Å²) in [4.78, 5) is 19.0. The lowest BCUT2D eigenvalue weighted by molar-refractivity contribution is -0.136. The summed E-state index contributed by atoms with van der Waals surface area (Å²) in [7, 11) is 1.31. The van der Waals surface area contributed by atoms with Crippen LogP contribution < -0.4 is 5.32 Å². The number of morpholine rings is 1. The van der Waals surface area contributed by atoms with E-state index < -0.39 is 17.8 Å². The predicted octanol–water partition coefficient (Wildman–Crippen LogP) is 2.26. The fourth-order valence-electron chi connectivity index (χ4n) is 2.92. The van der Waals surface area contributed by atoms with E-state index in [-0.39, 0.29) is 5.02 Å². The Labute approximate surface area is 150 Å². The number of carbonyl (C=O) groups is 1. The van der Waals surface area contributed by atoms with Gasteiger partial charge in [0.2, 0.25) is 0 Å². The summed E-state index contributed by atoms with van der Waals surface area (Å²) < 4.78 is 23.7. The van der Waals surface area contributed by atoms with Gasteiger partial charge in [0.1, 0.15) is 11.9 Å². The van der Waals surface area contributed by atoms with Crippen LogP contribution in [0.5, 0.6) is 0 Å². The number of hydrogen-bond acceptors (Lipinski definition) is 6. The van der Waals surface area contributed by atoms with Crippen LogP contribution in [0, 0.1) is 5.82 Å². The van der Waals surface area contributed by atoms with Crippen molar-refractivity contribution in [3.8, 4) is 0 Å². The average Bonchev–Trinajstić information content (AvgIpc) is 2.61. The molecule has 2 heterocycles. The molecule has 134 valence electrons. The van der Waals surface area contributed by atoms with Crippen LogP contribution in [0.25, 0.3) is 0 Å². The molecule has 0 spiro atoms. The van der Waals surface area contributed by atoms with Crippen LogP contribution in [0.3, 0.4) is 0 Å². The van der Waals surface area contributed by atoms with E-state index in [1.54, 1.807) is 13.0 Å². The molecule has 25 heavy (non-hydrogen) atoms. The molecular weight excluding hydrogens is 349 g/mol. The molecule has 0 unspecified atom stereocenters. The number of hydrogen-bond donors (Lipinski definition) is 1. The maximum Gasteiger partial charge on any atom is 0.338 e. The second kappa shape index (κ2) is 7.41. The summed E-state index contributed by atoms with van der Waals surface area (Å²) in [5.41, 5.74) is 1.54. The molecule has 0 bridgehead atoms. The number of allylic oxidation sites excluding steroid dienone is 1. The maximum atomic E-state index is 13.4. The molecule has 1 saturated heterocycles. The van der Waals surface area contributed by atoms with Crippen LogP contribution in [0.4, 0.5) is 4.39 Å². The number of ether oxygens (including phenoxy) is 2. The highest BCUT2D eigenvalue weighted by Crippen LogP contribution is 2.35.